The number of carbonyl (C=O) groups is 3. The summed E-state index contributed by atoms with van der Waals surface area (Å²) in [6, 6.07) is 0. The lowest BCUT2D eigenvalue weighted by Gasteiger charge is -2.45. The standard InChI is InChI=1S/C26H38O7/c1-7-20(31-17(5)28)25(30)33-26(6)11-10-19(29)15(3)12-21-22-14(2)8-9-18(16(4)13-27)23(22)24(26)32-21/h16,18,20-24,27H,2-3,7-13H2,1,4-6H3/t16-,18+,20?,21+,22+,23+,24+,26+/m0/s1. The van der Waals surface area contributed by atoms with E-state index in [4.69, 9.17) is 14.2 Å². The lowest BCUT2D eigenvalue weighted by atomic mass is 9.61. The Kier molecular flexibility index (Phi) is 7.84. The summed E-state index contributed by atoms with van der Waals surface area (Å²) < 4.78 is 17.8. The number of rotatable bonds is 6. The van der Waals surface area contributed by atoms with Gasteiger partial charge in [-0.1, -0.05) is 32.6 Å². The van der Waals surface area contributed by atoms with Crippen LogP contribution in [0.4, 0.5) is 0 Å². The van der Waals surface area contributed by atoms with E-state index in [1.807, 2.05) is 13.8 Å². The first-order chi connectivity index (χ1) is 15.5. The van der Waals surface area contributed by atoms with Crippen LogP contribution < -0.4 is 0 Å². The number of esters is 2. The highest BCUT2D eigenvalue weighted by Crippen LogP contribution is 2.55. The summed E-state index contributed by atoms with van der Waals surface area (Å²) in [7, 11) is 0. The second kappa shape index (κ2) is 10.1. The van der Waals surface area contributed by atoms with Gasteiger partial charge in [0, 0.05) is 38.2 Å². The molecule has 184 valence electrons. The zero-order chi connectivity index (χ0) is 24.5. The number of fused-ring (bicyclic) bond motifs is 5. The SMILES string of the molecule is C=C1C[C@H]2O[C@H]([C@@H]3[C@@H]([C@@H](C)CO)CCC(=C)[C@@H]32)[C@](C)(OC(=O)C(CC)OC(C)=O)CCC1=O. The zero-order valence-electron chi connectivity index (χ0n) is 20.3. The molecule has 0 aromatic heterocycles. The van der Waals surface area contributed by atoms with E-state index < -0.39 is 29.7 Å². The molecular formula is C26H38O7. The van der Waals surface area contributed by atoms with E-state index in [0.717, 1.165) is 18.4 Å². The molecule has 2 aliphatic heterocycles. The predicted octanol–water partition coefficient (Wildman–Crippen LogP) is 3.53. The highest BCUT2D eigenvalue weighted by molar-refractivity contribution is 5.94. The first-order valence-corrected chi connectivity index (χ1v) is 12.1. The monoisotopic (exact) mass is 462 g/mol. The molecule has 2 bridgehead atoms. The van der Waals surface area contributed by atoms with Gasteiger partial charge in [-0.15, -0.1) is 0 Å². The summed E-state index contributed by atoms with van der Waals surface area (Å²) >= 11 is 0. The normalized spacial score (nSPS) is 36.2. The molecule has 33 heavy (non-hydrogen) atoms. The van der Waals surface area contributed by atoms with Gasteiger partial charge < -0.3 is 19.3 Å². The molecule has 3 aliphatic rings. The first-order valence-electron chi connectivity index (χ1n) is 12.1. The lowest BCUT2D eigenvalue weighted by molar-refractivity contribution is -0.194. The van der Waals surface area contributed by atoms with E-state index >= 15 is 0 Å². The van der Waals surface area contributed by atoms with Crippen molar-refractivity contribution in [2.24, 2.45) is 23.7 Å². The summed E-state index contributed by atoms with van der Waals surface area (Å²) in [4.78, 5) is 37.3. The van der Waals surface area contributed by atoms with E-state index in [2.05, 4.69) is 13.2 Å². The molecule has 8 atom stereocenters. The van der Waals surface area contributed by atoms with E-state index in [-0.39, 0.29) is 61.4 Å². The van der Waals surface area contributed by atoms with Crippen LogP contribution in [-0.4, -0.2) is 53.3 Å². The minimum atomic E-state index is -1.10. The van der Waals surface area contributed by atoms with Crippen molar-refractivity contribution in [3.05, 3.63) is 24.3 Å². The van der Waals surface area contributed by atoms with Crippen LogP contribution in [0.15, 0.2) is 24.3 Å². The summed E-state index contributed by atoms with van der Waals surface area (Å²) in [5.74, 6) is -1.04. The molecule has 7 heteroatoms. The van der Waals surface area contributed by atoms with E-state index in [0.29, 0.717) is 12.0 Å². The Hall–Kier alpha value is -1.99. The molecule has 1 unspecified atom stereocenters. The predicted molar refractivity (Wildman–Crippen MR) is 122 cm³/mol. The van der Waals surface area contributed by atoms with E-state index in [1.165, 1.54) is 6.92 Å². The third kappa shape index (κ3) is 5.09. The lowest BCUT2D eigenvalue weighted by Crippen LogP contribution is -2.52. The molecule has 0 spiro atoms. The third-order valence-corrected chi connectivity index (χ3v) is 7.84. The molecule has 3 fully saturated rings. The van der Waals surface area contributed by atoms with Crippen LogP contribution in [0.1, 0.15) is 66.2 Å². The Morgan fingerprint density at radius 3 is 2.61 bits per heavy atom. The van der Waals surface area contributed by atoms with E-state index in [9.17, 15) is 19.5 Å². The van der Waals surface area contributed by atoms with E-state index in [1.54, 1.807) is 6.92 Å². The maximum absolute atomic E-state index is 13.1. The van der Waals surface area contributed by atoms with Gasteiger partial charge in [0.2, 0.25) is 0 Å². The zero-order valence-corrected chi connectivity index (χ0v) is 20.3. The van der Waals surface area contributed by atoms with Gasteiger partial charge in [0.15, 0.2) is 11.9 Å². The molecule has 3 rings (SSSR count). The molecular weight excluding hydrogens is 424 g/mol. The van der Waals surface area contributed by atoms with Gasteiger partial charge in [-0.25, -0.2) is 4.79 Å². The topological polar surface area (TPSA) is 99.1 Å². The summed E-state index contributed by atoms with van der Waals surface area (Å²) in [5.41, 5.74) is 0.495. The molecule has 0 aromatic carbocycles. The number of carbonyl (C=O) groups excluding carboxylic acids is 3. The van der Waals surface area contributed by atoms with Gasteiger partial charge in [-0.3, -0.25) is 9.59 Å². The van der Waals surface area contributed by atoms with Crippen molar-refractivity contribution >= 4 is 17.7 Å². The molecule has 1 saturated carbocycles. The largest absolute Gasteiger partial charge is 0.454 e. The quantitative estimate of drug-likeness (QED) is 0.366. The Morgan fingerprint density at radius 2 is 2.00 bits per heavy atom. The fourth-order valence-electron chi connectivity index (χ4n) is 6.00. The fraction of sp³-hybridized carbons (Fsp3) is 0.731. The summed E-state index contributed by atoms with van der Waals surface area (Å²) in [5, 5.41) is 9.95. The van der Waals surface area contributed by atoms with Crippen molar-refractivity contribution < 1.29 is 33.7 Å². The van der Waals surface area contributed by atoms with Gasteiger partial charge in [0.25, 0.3) is 0 Å². The smallest absolute Gasteiger partial charge is 0.348 e. The molecule has 0 radical (unpaired) electrons. The number of Topliss-reactive ketones (excluding diaryl/α,β-unsaturated/α-hetero) is 1. The van der Waals surface area contributed by atoms with Crippen molar-refractivity contribution in [1.82, 2.24) is 0 Å². The van der Waals surface area contributed by atoms with Gasteiger partial charge in [-0.2, -0.15) is 0 Å². The average molecular weight is 463 g/mol. The molecule has 7 nitrogen and oxygen atoms in total. The van der Waals surface area contributed by atoms with Crippen LogP contribution in [0, 0.1) is 23.7 Å². The molecule has 0 aromatic rings. The Balaban J connectivity index is 2.02. The maximum Gasteiger partial charge on any atom is 0.348 e. The minimum Gasteiger partial charge on any atom is -0.454 e. The Bertz CT molecular complexity index is 817. The van der Waals surface area contributed by atoms with Crippen LogP contribution in [0.25, 0.3) is 0 Å². The van der Waals surface area contributed by atoms with Crippen molar-refractivity contribution in [3.8, 4) is 0 Å². The number of hydrogen-bond donors (Lipinski definition) is 1. The summed E-state index contributed by atoms with van der Waals surface area (Å²) in [6.45, 7) is 15.2. The second-order valence-electron chi connectivity index (χ2n) is 10.2. The van der Waals surface area contributed by atoms with Crippen LogP contribution in [-0.2, 0) is 28.6 Å². The number of aliphatic hydroxyl groups excluding tert-OH is 1. The molecule has 0 amide bonds. The number of hydrogen-bond acceptors (Lipinski definition) is 7. The van der Waals surface area contributed by atoms with Gasteiger partial charge in [-0.05, 0) is 50.0 Å². The van der Waals surface area contributed by atoms with Crippen LogP contribution in [0.3, 0.4) is 0 Å². The number of aliphatic hydroxyl groups is 1. The third-order valence-electron chi connectivity index (χ3n) is 7.84. The van der Waals surface area contributed by atoms with Gasteiger partial charge in [0.1, 0.15) is 11.7 Å². The van der Waals surface area contributed by atoms with Crippen molar-refractivity contribution in [1.29, 1.82) is 0 Å². The first kappa shape index (κ1) is 25.6. The van der Waals surface area contributed by atoms with Gasteiger partial charge >= 0.3 is 11.9 Å². The Morgan fingerprint density at radius 1 is 1.30 bits per heavy atom. The van der Waals surface area contributed by atoms with Gasteiger partial charge in [0.05, 0.1) is 6.10 Å². The van der Waals surface area contributed by atoms with Crippen molar-refractivity contribution in [2.75, 3.05) is 6.61 Å². The highest BCUT2D eigenvalue weighted by Gasteiger charge is 2.59. The van der Waals surface area contributed by atoms with Crippen LogP contribution in [0.5, 0.6) is 0 Å². The number of ketones is 1. The Labute approximate surface area is 196 Å². The average Bonchev–Trinajstić information content (AvgIpc) is 3.16. The number of ether oxygens (including phenoxy) is 3. The van der Waals surface area contributed by atoms with Crippen LogP contribution in [0.2, 0.25) is 0 Å². The maximum atomic E-state index is 13.1. The minimum absolute atomic E-state index is 0.00105. The van der Waals surface area contributed by atoms with Crippen LogP contribution >= 0.6 is 0 Å². The van der Waals surface area contributed by atoms with Crippen molar-refractivity contribution in [3.63, 3.8) is 0 Å². The molecule has 1 N–H and O–H groups in total. The second-order valence-corrected chi connectivity index (χ2v) is 10.2. The summed E-state index contributed by atoms with van der Waals surface area (Å²) in [6.07, 6.45) is 1.13. The molecule has 2 heterocycles. The molecule has 1 aliphatic carbocycles. The highest BCUT2D eigenvalue weighted by atomic mass is 16.6. The fourth-order valence-corrected chi connectivity index (χ4v) is 6.00. The molecule has 2 saturated heterocycles. The van der Waals surface area contributed by atoms with Crippen molar-refractivity contribution in [2.45, 2.75) is 90.1 Å².